The molecule has 0 saturated heterocycles. The molecule has 2 aromatic carbocycles. The minimum Gasteiger partial charge on any atom is -0.426 e. The second-order valence-corrected chi connectivity index (χ2v) is 8.54. The van der Waals surface area contributed by atoms with Crippen LogP contribution in [0.3, 0.4) is 0 Å². The first-order valence-electron chi connectivity index (χ1n) is 11.2. The summed E-state index contributed by atoms with van der Waals surface area (Å²) in [6.07, 6.45) is 3.47. The standard InChI is InChI=1S/C25H29N5O3/c1-16(31)33-22-11-7-5-9-20(22)24(32)26-17-12-14-18(15-13-17)27-25-28-21-10-6-4-8-19(21)23(29-25)30(2)3/h4-11,17-18H,12-15H2,1-3H3,(H,26,32)(H,27,28,29). The van der Waals surface area contributed by atoms with Crippen molar-refractivity contribution in [2.75, 3.05) is 24.3 Å². The molecule has 0 unspecified atom stereocenters. The van der Waals surface area contributed by atoms with Gasteiger partial charge in [-0.15, -0.1) is 0 Å². The first-order valence-corrected chi connectivity index (χ1v) is 11.2. The van der Waals surface area contributed by atoms with Gasteiger partial charge in [0.15, 0.2) is 0 Å². The van der Waals surface area contributed by atoms with E-state index in [2.05, 4.69) is 10.6 Å². The number of fused-ring (bicyclic) bond motifs is 1. The Morgan fingerprint density at radius 1 is 0.939 bits per heavy atom. The van der Waals surface area contributed by atoms with Crippen molar-refractivity contribution in [3.8, 4) is 5.75 Å². The minimum atomic E-state index is -0.449. The van der Waals surface area contributed by atoms with Gasteiger partial charge in [-0.25, -0.2) is 4.98 Å². The predicted octanol–water partition coefficient (Wildman–Crippen LogP) is 3.77. The van der Waals surface area contributed by atoms with Crippen molar-refractivity contribution in [1.29, 1.82) is 0 Å². The summed E-state index contributed by atoms with van der Waals surface area (Å²) in [4.78, 5) is 35.5. The number of hydrogen-bond acceptors (Lipinski definition) is 7. The molecule has 8 heteroatoms. The number of benzene rings is 2. The van der Waals surface area contributed by atoms with Gasteiger partial charge in [-0.1, -0.05) is 24.3 Å². The molecule has 0 bridgehead atoms. The molecule has 0 radical (unpaired) electrons. The molecule has 0 spiro atoms. The fourth-order valence-corrected chi connectivity index (χ4v) is 4.19. The van der Waals surface area contributed by atoms with Crippen LogP contribution in [0.4, 0.5) is 11.8 Å². The van der Waals surface area contributed by atoms with Crippen LogP contribution in [-0.4, -0.2) is 48.0 Å². The maximum absolute atomic E-state index is 12.8. The van der Waals surface area contributed by atoms with E-state index >= 15 is 0 Å². The number of para-hydroxylation sites is 2. The number of ether oxygens (including phenoxy) is 1. The number of amides is 1. The first-order chi connectivity index (χ1) is 15.9. The van der Waals surface area contributed by atoms with Crippen molar-refractivity contribution in [2.45, 2.75) is 44.7 Å². The zero-order valence-corrected chi connectivity index (χ0v) is 19.2. The SMILES string of the molecule is CC(=O)Oc1ccccc1C(=O)NC1CCC(Nc2nc(N(C)C)c3ccccc3n2)CC1. The quantitative estimate of drug-likeness (QED) is 0.439. The third-order valence-electron chi connectivity index (χ3n) is 5.79. The van der Waals surface area contributed by atoms with E-state index in [0.29, 0.717) is 11.5 Å². The number of rotatable bonds is 6. The van der Waals surface area contributed by atoms with Gasteiger partial charge in [0.25, 0.3) is 5.91 Å². The second kappa shape index (κ2) is 9.85. The van der Waals surface area contributed by atoms with E-state index in [1.165, 1.54) is 6.92 Å². The van der Waals surface area contributed by atoms with Crippen LogP contribution in [0, 0.1) is 0 Å². The third kappa shape index (κ3) is 5.39. The molecule has 2 N–H and O–H groups in total. The van der Waals surface area contributed by atoms with Crippen LogP contribution < -0.4 is 20.3 Å². The molecule has 1 aliphatic rings. The molecule has 0 atom stereocenters. The number of nitrogens with one attached hydrogen (secondary N) is 2. The normalized spacial score (nSPS) is 17.9. The molecule has 172 valence electrons. The van der Waals surface area contributed by atoms with Gasteiger partial charge < -0.3 is 20.3 Å². The van der Waals surface area contributed by atoms with E-state index < -0.39 is 5.97 Å². The smallest absolute Gasteiger partial charge is 0.308 e. The largest absolute Gasteiger partial charge is 0.426 e. The van der Waals surface area contributed by atoms with E-state index in [1.54, 1.807) is 24.3 Å². The summed E-state index contributed by atoms with van der Waals surface area (Å²) in [5.41, 5.74) is 1.28. The number of nitrogens with zero attached hydrogens (tertiary/aromatic N) is 3. The summed E-state index contributed by atoms with van der Waals surface area (Å²) in [5.74, 6) is 1.12. The maximum Gasteiger partial charge on any atom is 0.308 e. The van der Waals surface area contributed by atoms with E-state index in [-0.39, 0.29) is 23.7 Å². The summed E-state index contributed by atoms with van der Waals surface area (Å²) in [6, 6.07) is 15.1. The molecule has 1 amide bonds. The molecule has 33 heavy (non-hydrogen) atoms. The fourth-order valence-electron chi connectivity index (χ4n) is 4.19. The van der Waals surface area contributed by atoms with Crippen LogP contribution in [0.15, 0.2) is 48.5 Å². The van der Waals surface area contributed by atoms with Crippen molar-refractivity contribution < 1.29 is 14.3 Å². The molecule has 1 heterocycles. The van der Waals surface area contributed by atoms with Crippen molar-refractivity contribution in [3.63, 3.8) is 0 Å². The lowest BCUT2D eigenvalue weighted by Gasteiger charge is -2.30. The van der Waals surface area contributed by atoms with Crippen LogP contribution in [-0.2, 0) is 4.79 Å². The average Bonchev–Trinajstić information content (AvgIpc) is 2.79. The molecular weight excluding hydrogens is 418 g/mol. The highest BCUT2D eigenvalue weighted by Gasteiger charge is 2.25. The maximum atomic E-state index is 12.8. The van der Waals surface area contributed by atoms with Crippen molar-refractivity contribution in [1.82, 2.24) is 15.3 Å². The number of esters is 1. The third-order valence-corrected chi connectivity index (χ3v) is 5.79. The Hall–Kier alpha value is -3.68. The van der Waals surface area contributed by atoms with Crippen LogP contribution >= 0.6 is 0 Å². The molecule has 1 saturated carbocycles. The van der Waals surface area contributed by atoms with Gasteiger partial charge in [-0.3, -0.25) is 9.59 Å². The van der Waals surface area contributed by atoms with E-state index in [9.17, 15) is 9.59 Å². The second-order valence-electron chi connectivity index (χ2n) is 8.54. The Morgan fingerprint density at radius 3 is 2.33 bits per heavy atom. The van der Waals surface area contributed by atoms with Gasteiger partial charge in [0.1, 0.15) is 11.6 Å². The number of carbonyl (C=O) groups excluding carboxylic acids is 2. The highest BCUT2D eigenvalue weighted by atomic mass is 16.5. The van der Waals surface area contributed by atoms with Gasteiger partial charge in [0.2, 0.25) is 5.95 Å². The minimum absolute atomic E-state index is 0.0655. The summed E-state index contributed by atoms with van der Waals surface area (Å²) < 4.78 is 5.17. The van der Waals surface area contributed by atoms with Gasteiger partial charge in [0.05, 0.1) is 11.1 Å². The zero-order chi connectivity index (χ0) is 23.4. The lowest BCUT2D eigenvalue weighted by Crippen LogP contribution is -2.40. The first kappa shape index (κ1) is 22.5. The number of carbonyl (C=O) groups is 2. The van der Waals surface area contributed by atoms with Crippen LogP contribution in [0.1, 0.15) is 43.0 Å². The number of aromatic nitrogens is 2. The van der Waals surface area contributed by atoms with E-state index in [4.69, 9.17) is 14.7 Å². The van der Waals surface area contributed by atoms with E-state index in [1.807, 2.05) is 43.3 Å². The highest BCUT2D eigenvalue weighted by Crippen LogP contribution is 2.27. The van der Waals surface area contributed by atoms with Gasteiger partial charge in [-0.05, 0) is 49.9 Å². The molecular formula is C25H29N5O3. The van der Waals surface area contributed by atoms with Crippen molar-refractivity contribution >= 4 is 34.5 Å². The molecule has 8 nitrogen and oxygen atoms in total. The Balaban J connectivity index is 1.37. The van der Waals surface area contributed by atoms with Crippen LogP contribution in [0.5, 0.6) is 5.75 Å². The Kier molecular flexibility index (Phi) is 6.72. The monoisotopic (exact) mass is 447 g/mol. The van der Waals surface area contributed by atoms with Crippen LogP contribution in [0.2, 0.25) is 0 Å². The van der Waals surface area contributed by atoms with Crippen molar-refractivity contribution in [2.24, 2.45) is 0 Å². The van der Waals surface area contributed by atoms with Gasteiger partial charge >= 0.3 is 5.97 Å². The Labute approximate surface area is 193 Å². The summed E-state index contributed by atoms with van der Waals surface area (Å²) in [5, 5.41) is 7.59. The molecule has 1 fully saturated rings. The van der Waals surface area contributed by atoms with Gasteiger partial charge in [0, 0.05) is 38.5 Å². The molecule has 0 aliphatic heterocycles. The highest BCUT2D eigenvalue weighted by molar-refractivity contribution is 5.97. The summed E-state index contributed by atoms with van der Waals surface area (Å²) in [6.45, 7) is 1.32. The molecule has 3 aromatic rings. The topological polar surface area (TPSA) is 96.5 Å². The fraction of sp³-hybridized carbons (Fsp3) is 0.360. The predicted molar refractivity (Wildman–Crippen MR) is 129 cm³/mol. The summed E-state index contributed by atoms with van der Waals surface area (Å²) >= 11 is 0. The lowest BCUT2D eigenvalue weighted by molar-refractivity contribution is -0.131. The molecule has 1 aromatic heterocycles. The summed E-state index contributed by atoms with van der Waals surface area (Å²) in [7, 11) is 3.96. The molecule has 1 aliphatic carbocycles. The average molecular weight is 448 g/mol. The Morgan fingerprint density at radius 2 is 1.61 bits per heavy atom. The van der Waals surface area contributed by atoms with Crippen LogP contribution in [0.25, 0.3) is 10.9 Å². The number of hydrogen-bond donors (Lipinski definition) is 2. The number of anilines is 2. The van der Waals surface area contributed by atoms with E-state index in [0.717, 1.165) is 42.4 Å². The lowest BCUT2D eigenvalue weighted by atomic mass is 9.91. The Bertz CT molecular complexity index is 1160. The van der Waals surface area contributed by atoms with Crippen molar-refractivity contribution in [3.05, 3.63) is 54.1 Å². The van der Waals surface area contributed by atoms with Gasteiger partial charge in [-0.2, -0.15) is 4.98 Å². The molecule has 4 rings (SSSR count). The zero-order valence-electron chi connectivity index (χ0n) is 19.2.